The zero-order valence-corrected chi connectivity index (χ0v) is 12.7. The molecule has 0 radical (unpaired) electrons. The lowest BCUT2D eigenvalue weighted by Crippen LogP contribution is -2.29. The first-order valence-electron chi connectivity index (χ1n) is 7.59. The molecule has 0 unspecified atom stereocenters. The SMILES string of the molecule is Cc1ccc2cc3c(nc2c1)N(C(=O)c1cccc(F)c1)CC3. The summed E-state index contributed by atoms with van der Waals surface area (Å²) < 4.78 is 13.4. The number of anilines is 1. The largest absolute Gasteiger partial charge is 0.292 e. The van der Waals surface area contributed by atoms with Crippen molar-refractivity contribution in [2.24, 2.45) is 0 Å². The zero-order chi connectivity index (χ0) is 16.0. The van der Waals surface area contributed by atoms with E-state index in [9.17, 15) is 9.18 Å². The third-order valence-corrected chi connectivity index (χ3v) is 4.21. The molecule has 1 aromatic heterocycles. The number of hydrogen-bond acceptors (Lipinski definition) is 2. The van der Waals surface area contributed by atoms with Crippen LogP contribution >= 0.6 is 0 Å². The number of carbonyl (C=O) groups is 1. The lowest BCUT2D eigenvalue weighted by Gasteiger charge is -2.17. The summed E-state index contributed by atoms with van der Waals surface area (Å²) in [5.74, 6) is 0.0810. The van der Waals surface area contributed by atoms with Gasteiger partial charge in [-0.3, -0.25) is 9.69 Å². The van der Waals surface area contributed by atoms with Crippen LogP contribution < -0.4 is 4.90 Å². The molecule has 1 aliphatic heterocycles. The van der Waals surface area contributed by atoms with E-state index in [1.54, 1.807) is 17.0 Å². The van der Waals surface area contributed by atoms with Crippen molar-refractivity contribution < 1.29 is 9.18 Å². The quantitative estimate of drug-likeness (QED) is 0.683. The summed E-state index contributed by atoms with van der Waals surface area (Å²) in [6.07, 6.45) is 0.771. The number of aryl methyl sites for hydroxylation is 1. The van der Waals surface area contributed by atoms with Gasteiger partial charge < -0.3 is 0 Å². The van der Waals surface area contributed by atoms with Crippen molar-refractivity contribution >= 4 is 22.6 Å². The van der Waals surface area contributed by atoms with Gasteiger partial charge in [0, 0.05) is 17.5 Å². The highest BCUT2D eigenvalue weighted by Crippen LogP contribution is 2.30. The fourth-order valence-corrected chi connectivity index (χ4v) is 3.04. The van der Waals surface area contributed by atoms with Gasteiger partial charge in [0.1, 0.15) is 11.6 Å². The number of amides is 1. The maximum atomic E-state index is 13.4. The maximum Gasteiger partial charge on any atom is 0.259 e. The molecule has 2 aromatic carbocycles. The average Bonchev–Trinajstić information content (AvgIpc) is 2.94. The van der Waals surface area contributed by atoms with E-state index in [2.05, 4.69) is 23.2 Å². The molecule has 0 saturated carbocycles. The lowest BCUT2D eigenvalue weighted by molar-refractivity contribution is 0.0988. The Kier molecular flexibility index (Phi) is 3.11. The molecule has 0 bridgehead atoms. The number of fused-ring (bicyclic) bond motifs is 2. The van der Waals surface area contributed by atoms with Gasteiger partial charge in [-0.15, -0.1) is 0 Å². The normalized spacial score (nSPS) is 13.4. The number of nitrogens with zero attached hydrogens (tertiary/aromatic N) is 2. The van der Waals surface area contributed by atoms with Crippen molar-refractivity contribution in [1.82, 2.24) is 4.98 Å². The van der Waals surface area contributed by atoms with Crippen molar-refractivity contribution in [3.63, 3.8) is 0 Å². The number of pyridine rings is 1. The highest BCUT2D eigenvalue weighted by molar-refractivity contribution is 6.07. The van der Waals surface area contributed by atoms with Gasteiger partial charge in [0.05, 0.1) is 5.52 Å². The van der Waals surface area contributed by atoms with Gasteiger partial charge in [0.25, 0.3) is 5.91 Å². The maximum absolute atomic E-state index is 13.4. The second kappa shape index (κ2) is 5.16. The third-order valence-electron chi connectivity index (χ3n) is 4.21. The van der Waals surface area contributed by atoms with Crippen LogP contribution in [0.1, 0.15) is 21.5 Å². The molecule has 2 heterocycles. The zero-order valence-electron chi connectivity index (χ0n) is 12.7. The number of halogens is 1. The van der Waals surface area contributed by atoms with Crippen LogP contribution in [0.4, 0.5) is 10.2 Å². The summed E-state index contributed by atoms with van der Waals surface area (Å²) in [7, 11) is 0. The molecule has 3 nitrogen and oxygen atoms in total. The minimum Gasteiger partial charge on any atom is -0.292 e. The number of benzene rings is 2. The highest BCUT2D eigenvalue weighted by Gasteiger charge is 2.27. The van der Waals surface area contributed by atoms with Crippen molar-refractivity contribution in [2.75, 3.05) is 11.4 Å². The Morgan fingerprint density at radius 1 is 1.17 bits per heavy atom. The molecular formula is C19H15FN2O. The molecule has 3 aromatic rings. The van der Waals surface area contributed by atoms with Crippen LogP contribution in [0.25, 0.3) is 10.9 Å². The van der Waals surface area contributed by atoms with E-state index in [1.807, 2.05) is 13.0 Å². The highest BCUT2D eigenvalue weighted by atomic mass is 19.1. The smallest absolute Gasteiger partial charge is 0.259 e. The van der Waals surface area contributed by atoms with Crippen LogP contribution in [0.3, 0.4) is 0 Å². The van der Waals surface area contributed by atoms with E-state index in [-0.39, 0.29) is 5.91 Å². The van der Waals surface area contributed by atoms with Crippen LogP contribution in [0.15, 0.2) is 48.5 Å². The van der Waals surface area contributed by atoms with Crippen molar-refractivity contribution in [3.8, 4) is 0 Å². The molecule has 0 spiro atoms. The summed E-state index contributed by atoms with van der Waals surface area (Å²) in [5, 5.41) is 1.08. The molecule has 0 saturated heterocycles. The predicted octanol–water partition coefficient (Wildman–Crippen LogP) is 3.89. The Hall–Kier alpha value is -2.75. The van der Waals surface area contributed by atoms with E-state index >= 15 is 0 Å². The summed E-state index contributed by atoms with van der Waals surface area (Å²) in [6, 6.07) is 14.0. The van der Waals surface area contributed by atoms with E-state index in [1.165, 1.54) is 12.1 Å². The lowest BCUT2D eigenvalue weighted by atomic mass is 10.1. The van der Waals surface area contributed by atoms with Gasteiger partial charge in [-0.1, -0.05) is 18.2 Å². The molecule has 0 N–H and O–H groups in total. The summed E-state index contributed by atoms with van der Waals surface area (Å²) in [4.78, 5) is 19.0. The molecule has 4 rings (SSSR count). The number of carbonyl (C=O) groups excluding carboxylic acids is 1. The summed E-state index contributed by atoms with van der Waals surface area (Å²) in [6.45, 7) is 2.59. The van der Waals surface area contributed by atoms with Crippen LogP contribution in [0.5, 0.6) is 0 Å². The van der Waals surface area contributed by atoms with Crippen molar-refractivity contribution in [3.05, 3.63) is 71.0 Å². The first-order chi connectivity index (χ1) is 11.1. The van der Waals surface area contributed by atoms with Crippen LogP contribution in [0, 0.1) is 12.7 Å². The van der Waals surface area contributed by atoms with Gasteiger partial charge in [0.15, 0.2) is 0 Å². The van der Waals surface area contributed by atoms with E-state index in [4.69, 9.17) is 0 Å². The fourth-order valence-electron chi connectivity index (χ4n) is 3.04. The monoisotopic (exact) mass is 306 g/mol. The molecule has 0 fully saturated rings. The van der Waals surface area contributed by atoms with Gasteiger partial charge in [-0.25, -0.2) is 9.37 Å². The van der Waals surface area contributed by atoms with E-state index < -0.39 is 5.82 Å². The molecular weight excluding hydrogens is 291 g/mol. The fraction of sp³-hybridized carbons (Fsp3) is 0.158. The Morgan fingerprint density at radius 2 is 2.04 bits per heavy atom. The van der Waals surface area contributed by atoms with Gasteiger partial charge in [0.2, 0.25) is 0 Å². The minimum atomic E-state index is -0.405. The Labute approximate surface area is 133 Å². The molecule has 1 amide bonds. The topological polar surface area (TPSA) is 33.2 Å². The molecule has 114 valence electrons. The predicted molar refractivity (Wildman–Crippen MR) is 88.3 cm³/mol. The Balaban J connectivity index is 1.78. The second-order valence-corrected chi connectivity index (χ2v) is 5.88. The molecule has 0 atom stereocenters. The van der Waals surface area contributed by atoms with Crippen LogP contribution in [-0.2, 0) is 6.42 Å². The first-order valence-corrected chi connectivity index (χ1v) is 7.59. The van der Waals surface area contributed by atoms with Gasteiger partial charge >= 0.3 is 0 Å². The van der Waals surface area contributed by atoms with Crippen LogP contribution in [-0.4, -0.2) is 17.4 Å². The minimum absolute atomic E-state index is 0.206. The average molecular weight is 306 g/mol. The Bertz CT molecular complexity index is 936. The number of aromatic nitrogens is 1. The van der Waals surface area contributed by atoms with Crippen molar-refractivity contribution in [1.29, 1.82) is 0 Å². The Morgan fingerprint density at radius 3 is 2.87 bits per heavy atom. The molecule has 1 aliphatic rings. The summed E-state index contributed by atoms with van der Waals surface area (Å²) in [5.41, 5.74) is 3.42. The third kappa shape index (κ3) is 2.36. The molecule has 0 aliphatic carbocycles. The summed E-state index contributed by atoms with van der Waals surface area (Å²) >= 11 is 0. The first kappa shape index (κ1) is 13.9. The van der Waals surface area contributed by atoms with Gasteiger partial charge in [-0.2, -0.15) is 0 Å². The number of hydrogen-bond donors (Lipinski definition) is 0. The van der Waals surface area contributed by atoms with Gasteiger partial charge in [-0.05, 0) is 54.8 Å². The van der Waals surface area contributed by atoms with E-state index in [0.717, 1.165) is 28.5 Å². The van der Waals surface area contributed by atoms with Crippen molar-refractivity contribution in [2.45, 2.75) is 13.3 Å². The molecule has 23 heavy (non-hydrogen) atoms. The second-order valence-electron chi connectivity index (χ2n) is 5.88. The van der Waals surface area contributed by atoms with Crippen LogP contribution in [0.2, 0.25) is 0 Å². The molecule has 4 heteroatoms. The number of rotatable bonds is 1. The van der Waals surface area contributed by atoms with E-state index in [0.29, 0.717) is 17.9 Å². The standard InChI is InChI=1S/C19H15FN2O/c1-12-5-6-13-10-14-7-8-22(18(14)21-17(13)9-12)19(23)15-3-2-4-16(20)11-15/h2-6,9-11H,7-8H2,1H3.